The third-order valence-corrected chi connectivity index (χ3v) is 5.65. The molecule has 0 spiro atoms. The van der Waals surface area contributed by atoms with Crippen molar-refractivity contribution in [1.29, 1.82) is 0 Å². The zero-order valence-electron chi connectivity index (χ0n) is 20.8. The Labute approximate surface area is 210 Å². The summed E-state index contributed by atoms with van der Waals surface area (Å²) in [5, 5.41) is 30.7. The highest BCUT2D eigenvalue weighted by atomic mass is 32.2. The van der Waals surface area contributed by atoms with Crippen LogP contribution < -0.4 is 5.73 Å². The molecule has 0 aliphatic rings. The van der Waals surface area contributed by atoms with Crippen LogP contribution in [0.25, 0.3) is 10.8 Å². The minimum atomic E-state index is -4.76. The fraction of sp³-hybridized carbons (Fsp3) is 0.304. The third kappa shape index (κ3) is 8.46. The highest BCUT2D eigenvalue weighted by molar-refractivity contribution is 7.94. The second kappa shape index (κ2) is 16.0. The van der Waals surface area contributed by atoms with Gasteiger partial charge in [-0.1, -0.05) is 64.8 Å². The van der Waals surface area contributed by atoms with Crippen LogP contribution in [0.4, 0.5) is 17.1 Å². The molecular formula is C23H33N3O7S2. The van der Waals surface area contributed by atoms with Gasteiger partial charge in [0.25, 0.3) is 10.1 Å². The van der Waals surface area contributed by atoms with Crippen molar-refractivity contribution >= 4 is 50.0 Å². The van der Waals surface area contributed by atoms with E-state index < -0.39 is 26.5 Å². The van der Waals surface area contributed by atoms with Gasteiger partial charge in [-0.3, -0.25) is 4.55 Å². The molecule has 3 aromatic carbocycles. The molecular weight excluding hydrogens is 494 g/mol. The summed E-state index contributed by atoms with van der Waals surface area (Å²) in [6.45, 7) is 13.6. The lowest BCUT2D eigenvalue weighted by atomic mass is 10.0. The first-order valence-electron chi connectivity index (χ1n) is 10.9. The molecule has 0 saturated heterocycles. The van der Waals surface area contributed by atoms with Crippen LogP contribution >= 0.6 is 12.0 Å². The van der Waals surface area contributed by atoms with E-state index in [2.05, 4.69) is 19.6 Å². The molecule has 0 radical (unpaired) electrons. The molecule has 0 aliphatic carbocycles. The quantitative estimate of drug-likeness (QED) is 0.0630. The fourth-order valence-electron chi connectivity index (χ4n) is 2.65. The van der Waals surface area contributed by atoms with Crippen molar-refractivity contribution in [2.75, 3.05) is 5.73 Å². The van der Waals surface area contributed by atoms with Gasteiger partial charge < -0.3 is 10.8 Å². The molecule has 0 saturated carbocycles. The van der Waals surface area contributed by atoms with Crippen molar-refractivity contribution in [1.82, 2.24) is 0 Å². The number of hydrogen-bond acceptors (Lipinski definition) is 10. The van der Waals surface area contributed by atoms with Crippen LogP contribution in [-0.2, 0) is 19.5 Å². The van der Waals surface area contributed by atoms with Crippen LogP contribution in [-0.4, -0.2) is 23.3 Å². The molecule has 0 atom stereocenters. The van der Waals surface area contributed by atoms with Gasteiger partial charge in [-0.2, -0.15) is 13.5 Å². The first kappa shape index (κ1) is 32.3. The zero-order chi connectivity index (χ0) is 27.2. The lowest BCUT2D eigenvalue weighted by Crippen LogP contribution is -2.01. The molecule has 3 aromatic rings. The molecule has 0 bridgehead atoms. The second-order valence-corrected chi connectivity index (χ2v) is 7.95. The highest BCUT2D eigenvalue weighted by Crippen LogP contribution is 2.46. The standard InChI is InChI=1S/C17H15N3O7S2.3C2H6/c1-9-12(28-27-26-22)7-10-8-13(29(23,24)25)16(17(21)14(10)15(9)18)20-19-11-5-3-2-4-6-11;3*1-2/h2-8,21-22H,18H2,1H3,(H,23,24,25);3*1-2H3. The second-order valence-electron chi connectivity index (χ2n) is 5.82. The number of anilines is 1. The molecule has 0 amide bonds. The molecule has 12 heteroatoms. The summed E-state index contributed by atoms with van der Waals surface area (Å²) >= 11 is 0.619. The third-order valence-electron chi connectivity index (χ3n) is 4.05. The van der Waals surface area contributed by atoms with E-state index in [9.17, 15) is 18.1 Å². The van der Waals surface area contributed by atoms with Gasteiger partial charge in [0.15, 0.2) is 5.75 Å². The number of phenolic OH excluding ortho intramolecular Hbond substituents is 1. The number of nitrogens with two attached hydrogens (primary N) is 1. The number of nitrogen functional groups attached to an aromatic ring is 1. The number of azo groups is 1. The SMILES string of the molecule is CC.CC.CC.Cc1c(SOOO)cc2cc(S(=O)(=O)O)c(N=Nc3ccccc3)c(O)c2c1N. The van der Waals surface area contributed by atoms with E-state index in [0.29, 0.717) is 28.2 Å². The van der Waals surface area contributed by atoms with E-state index >= 15 is 0 Å². The normalized spacial score (nSPS) is 10.5. The summed E-state index contributed by atoms with van der Waals surface area (Å²) in [5.74, 6) is -0.564. The van der Waals surface area contributed by atoms with Gasteiger partial charge in [0, 0.05) is 16.0 Å². The molecule has 10 nitrogen and oxygen atoms in total. The Morgan fingerprint density at radius 1 is 0.971 bits per heavy atom. The maximum Gasteiger partial charge on any atom is 0.296 e. The van der Waals surface area contributed by atoms with Crippen molar-refractivity contribution in [3.05, 3.63) is 48.0 Å². The Balaban J connectivity index is 0.00000179. The largest absolute Gasteiger partial charge is 0.505 e. The zero-order valence-corrected chi connectivity index (χ0v) is 22.4. The van der Waals surface area contributed by atoms with E-state index in [4.69, 9.17) is 11.0 Å². The van der Waals surface area contributed by atoms with Gasteiger partial charge in [-0.15, -0.1) is 9.45 Å². The summed E-state index contributed by atoms with van der Waals surface area (Å²) in [7, 11) is -4.76. The first-order chi connectivity index (χ1) is 16.7. The van der Waals surface area contributed by atoms with Crippen molar-refractivity contribution in [2.45, 2.75) is 58.3 Å². The van der Waals surface area contributed by atoms with Crippen molar-refractivity contribution in [3.63, 3.8) is 0 Å². The minimum absolute atomic E-state index is 0.113. The Morgan fingerprint density at radius 3 is 2.06 bits per heavy atom. The van der Waals surface area contributed by atoms with Gasteiger partial charge in [-0.25, -0.2) is 5.26 Å². The molecule has 194 valence electrons. The molecule has 0 fully saturated rings. The van der Waals surface area contributed by atoms with Crippen molar-refractivity contribution in [2.24, 2.45) is 10.2 Å². The van der Waals surface area contributed by atoms with Gasteiger partial charge in [0.2, 0.25) is 0 Å². The fourth-order valence-corrected chi connectivity index (χ4v) is 3.83. The smallest absolute Gasteiger partial charge is 0.296 e. The average Bonchev–Trinajstić information content (AvgIpc) is 2.88. The topological polar surface area (TPSA) is 164 Å². The van der Waals surface area contributed by atoms with Crippen LogP contribution in [0.3, 0.4) is 0 Å². The monoisotopic (exact) mass is 527 g/mol. The van der Waals surface area contributed by atoms with Crippen LogP contribution in [0.1, 0.15) is 47.1 Å². The summed E-state index contributed by atoms with van der Waals surface area (Å²) in [5.41, 5.74) is 6.65. The molecule has 0 unspecified atom stereocenters. The lowest BCUT2D eigenvalue weighted by Gasteiger charge is -2.14. The molecule has 0 aromatic heterocycles. The van der Waals surface area contributed by atoms with Gasteiger partial charge in [0.05, 0.1) is 17.7 Å². The van der Waals surface area contributed by atoms with Gasteiger partial charge in [-0.05, 0) is 42.1 Å². The van der Waals surface area contributed by atoms with Crippen LogP contribution in [0, 0.1) is 6.92 Å². The summed E-state index contributed by atoms with van der Waals surface area (Å²) in [6, 6.07) is 11.0. The number of rotatable bonds is 6. The Bertz CT molecular complexity index is 1200. The van der Waals surface area contributed by atoms with Crippen LogP contribution in [0.5, 0.6) is 5.75 Å². The van der Waals surface area contributed by atoms with E-state index in [1.807, 2.05) is 41.5 Å². The average molecular weight is 528 g/mol. The predicted molar refractivity (Wildman–Crippen MR) is 140 cm³/mol. The first-order valence-corrected chi connectivity index (χ1v) is 13.1. The van der Waals surface area contributed by atoms with E-state index in [1.165, 1.54) is 6.07 Å². The number of aromatic hydroxyl groups is 1. The summed E-state index contributed by atoms with van der Waals surface area (Å²) in [4.78, 5) is -0.274. The van der Waals surface area contributed by atoms with Gasteiger partial charge in [0.1, 0.15) is 10.6 Å². The Kier molecular flexibility index (Phi) is 14.8. The molecule has 5 N–H and O–H groups in total. The minimum Gasteiger partial charge on any atom is -0.505 e. The number of phenols is 1. The van der Waals surface area contributed by atoms with Crippen LogP contribution in [0.2, 0.25) is 0 Å². The number of nitrogens with zero attached hydrogens (tertiary/aromatic N) is 2. The lowest BCUT2D eigenvalue weighted by molar-refractivity contribution is -0.432. The Morgan fingerprint density at radius 2 is 1.54 bits per heavy atom. The molecule has 35 heavy (non-hydrogen) atoms. The number of benzene rings is 3. The van der Waals surface area contributed by atoms with E-state index in [-0.39, 0.29) is 16.5 Å². The van der Waals surface area contributed by atoms with E-state index in [1.54, 1.807) is 37.3 Å². The molecule has 0 aliphatic heterocycles. The number of hydrogen-bond donors (Lipinski definition) is 4. The molecule has 0 heterocycles. The summed E-state index contributed by atoms with van der Waals surface area (Å²) in [6.07, 6.45) is 0. The van der Waals surface area contributed by atoms with Crippen LogP contribution in [0.15, 0.2) is 62.5 Å². The van der Waals surface area contributed by atoms with Gasteiger partial charge >= 0.3 is 0 Å². The number of fused-ring (bicyclic) bond motifs is 1. The van der Waals surface area contributed by atoms with E-state index in [0.717, 1.165) is 6.07 Å². The highest BCUT2D eigenvalue weighted by Gasteiger charge is 2.24. The maximum absolute atomic E-state index is 11.9. The maximum atomic E-state index is 11.9. The molecule has 3 rings (SSSR count). The van der Waals surface area contributed by atoms with Crippen molar-refractivity contribution < 1.29 is 32.7 Å². The summed E-state index contributed by atoms with van der Waals surface area (Å²) < 4.78 is 37.8. The van der Waals surface area contributed by atoms with Crippen molar-refractivity contribution in [3.8, 4) is 5.75 Å². The predicted octanol–water partition coefficient (Wildman–Crippen LogP) is 7.61. The Hall–Kier alpha value is -2.74.